The molecular weight excluding hydrogens is 158 g/mol. The molecule has 0 aliphatic heterocycles. The maximum Gasteiger partial charge on any atom is 0.147 e. The molecule has 0 saturated carbocycles. The molecule has 4 nitrogen and oxygen atoms in total. The summed E-state index contributed by atoms with van der Waals surface area (Å²) in [6.45, 7) is 2.15. The standard InChI is InChI=1S/C8H15NO3/c1-3-4-8(5-6-9-10)12-7-11-2/h3-4,6,8,10H,5,7H2,1-2H3/b4-3+,9-6+. The zero-order valence-electron chi connectivity index (χ0n) is 7.43. The minimum Gasteiger partial charge on any atom is -0.411 e. The number of methoxy groups -OCH3 is 1. The van der Waals surface area contributed by atoms with E-state index in [4.69, 9.17) is 14.7 Å². The average Bonchev–Trinajstić information content (AvgIpc) is 2.10. The molecule has 0 heterocycles. The van der Waals surface area contributed by atoms with Crippen molar-refractivity contribution in [2.45, 2.75) is 19.4 Å². The second-order valence-corrected chi connectivity index (χ2v) is 2.17. The quantitative estimate of drug-likeness (QED) is 0.217. The summed E-state index contributed by atoms with van der Waals surface area (Å²) in [7, 11) is 1.56. The van der Waals surface area contributed by atoms with E-state index in [1.807, 2.05) is 19.1 Å². The summed E-state index contributed by atoms with van der Waals surface area (Å²) in [5.74, 6) is 0. The lowest BCUT2D eigenvalue weighted by Crippen LogP contribution is -2.12. The first-order valence-electron chi connectivity index (χ1n) is 3.74. The molecule has 0 aromatic carbocycles. The van der Waals surface area contributed by atoms with Gasteiger partial charge in [-0.1, -0.05) is 12.2 Å². The van der Waals surface area contributed by atoms with E-state index >= 15 is 0 Å². The predicted molar refractivity (Wildman–Crippen MR) is 46.5 cm³/mol. The summed E-state index contributed by atoms with van der Waals surface area (Å²) in [5, 5.41) is 11.1. The Bertz CT molecular complexity index is 145. The van der Waals surface area contributed by atoms with Gasteiger partial charge in [-0.3, -0.25) is 0 Å². The van der Waals surface area contributed by atoms with Crippen LogP contribution in [0.4, 0.5) is 0 Å². The van der Waals surface area contributed by atoms with E-state index < -0.39 is 0 Å². The Morgan fingerprint density at radius 1 is 1.58 bits per heavy atom. The van der Waals surface area contributed by atoms with E-state index in [0.29, 0.717) is 6.42 Å². The smallest absolute Gasteiger partial charge is 0.147 e. The monoisotopic (exact) mass is 173 g/mol. The molecule has 12 heavy (non-hydrogen) atoms. The lowest BCUT2D eigenvalue weighted by molar-refractivity contribution is -0.0528. The molecule has 70 valence electrons. The van der Waals surface area contributed by atoms with Crippen LogP contribution in [-0.2, 0) is 9.47 Å². The molecular formula is C8H15NO3. The molecule has 1 N–H and O–H groups in total. The Morgan fingerprint density at radius 2 is 2.33 bits per heavy atom. The van der Waals surface area contributed by atoms with Gasteiger partial charge in [0.2, 0.25) is 0 Å². The summed E-state index contributed by atoms with van der Waals surface area (Å²) in [4.78, 5) is 0. The van der Waals surface area contributed by atoms with Crippen molar-refractivity contribution in [3.05, 3.63) is 12.2 Å². The van der Waals surface area contributed by atoms with Gasteiger partial charge in [0.15, 0.2) is 0 Å². The largest absolute Gasteiger partial charge is 0.411 e. The third-order valence-electron chi connectivity index (χ3n) is 1.23. The van der Waals surface area contributed by atoms with Crippen LogP contribution in [0.5, 0.6) is 0 Å². The minimum absolute atomic E-state index is 0.0779. The summed E-state index contributed by atoms with van der Waals surface area (Å²) < 4.78 is 9.96. The lowest BCUT2D eigenvalue weighted by atomic mass is 10.2. The van der Waals surface area contributed by atoms with E-state index in [9.17, 15) is 0 Å². The fourth-order valence-electron chi connectivity index (χ4n) is 0.723. The fraction of sp³-hybridized carbons (Fsp3) is 0.625. The first-order chi connectivity index (χ1) is 5.85. The van der Waals surface area contributed by atoms with E-state index in [1.165, 1.54) is 6.21 Å². The molecule has 4 heteroatoms. The average molecular weight is 173 g/mol. The van der Waals surface area contributed by atoms with Crippen molar-refractivity contribution in [2.75, 3.05) is 13.9 Å². The summed E-state index contributed by atoms with van der Waals surface area (Å²) in [5.41, 5.74) is 0. The summed E-state index contributed by atoms with van der Waals surface area (Å²) >= 11 is 0. The maximum absolute atomic E-state index is 8.17. The van der Waals surface area contributed by atoms with Crippen LogP contribution in [0.2, 0.25) is 0 Å². The highest BCUT2D eigenvalue weighted by Crippen LogP contribution is 1.98. The van der Waals surface area contributed by atoms with Crippen LogP contribution in [0.25, 0.3) is 0 Å². The van der Waals surface area contributed by atoms with Crippen molar-refractivity contribution >= 4 is 6.21 Å². The fourth-order valence-corrected chi connectivity index (χ4v) is 0.723. The molecule has 0 aliphatic rings. The highest BCUT2D eigenvalue weighted by atomic mass is 16.7. The zero-order valence-corrected chi connectivity index (χ0v) is 7.43. The third kappa shape index (κ3) is 5.88. The van der Waals surface area contributed by atoms with Crippen molar-refractivity contribution in [1.82, 2.24) is 0 Å². The van der Waals surface area contributed by atoms with Gasteiger partial charge in [-0.05, 0) is 6.92 Å². The SMILES string of the molecule is C/C=C/C(C/C=N/O)OCOC. The molecule has 0 aliphatic carbocycles. The third-order valence-corrected chi connectivity index (χ3v) is 1.23. The molecule has 0 radical (unpaired) electrons. The molecule has 0 rings (SSSR count). The molecule has 0 amide bonds. The molecule has 0 aromatic rings. The predicted octanol–water partition coefficient (Wildman–Crippen LogP) is 1.40. The van der Waals surface area contributed by atoms with E-state index in [2.05, 4.69) is 5.16 Å². The van der Waals surface area contributed by atoms with Crippen molar-refractivity contribution in [3.63, 3.8) is 0 Å². The van der Waals surface area contributed by atoms with Crippen LogP contribution in [0, 0.1) is 0 Å². The number of allylic oxidation sites excluding steroid dienone is 1. The van der Waals surface area contributed by atoms with Gasteiger partial charge in [-0.25, -0.2) is 0 Å². The van der Waals surface area contributed by atoms with Gasteiger partial charge >= 0.3 is 0 Å². The number of hydrogen-bond acceptors (Lipinski definition) is 4. The van der Waals surface area contributed by atoms with Gasteiger partial charge in [-0.15, -0.1) is 5.16 Å². The van der Waals surface area contributed by atoms with E-state index in [0.717, 1.165) is 0 Å². The number of nitrogens with zero attached hydrogens (tertiary/aromatic N) is 1. The Balaban J connectivity index is 3.69. The van der Waals surface area contributed by atoms with Crippen molar-refractivity contribution in [2.24, 2.45) is 5.16 Å². The first-order valence-corrected chi connectivity index (χ1v) is 3.74. The topological polar surface area (TPSA) is 51.1 Å². The Hall–Kier alpha value is -0.870. The maximum atomic E-state index is 8.17. The van der Waals surface area contributed by atoms with Gasteiger partial charge in [0.05, 0.1) is 6.10 Å². The minimum atomic E-state index is -0.0779. The van der Waals surface area contributed by atoms with Crippen LogP contribution in [0.3, 0.4) is 0 Å². The van der Waals surface area contributed by atoms with Crippen molar-refractivity contribution in [1.29, 1.82) is 0 Å². The number of ether oxygens (including phenoxy) is 2. The number of oxime groups is 1. The van der Waals surface area contributed by atoms with E-state index in [-0.39, 0.29) is 12.9 Å². The Morgan fingerprint density at radius 3 is 2.83 bits per heavy atom. The molecule has 0 aromatic heterocycles. The highest BCUT2D eigenvalue weighted by molar-refractivity contribution is 5.57. The van der Waals surface area contributed by atoms with Gasteiger partial charge in [-0.2, -0.15) is 0 Å². The normalized spacial score (nSPS) is 14.5. The summed E-state index contributed by atoms with van der Waals surface area (Å²) in [6.07, 6.45) is 5.61. The van der Waals surface area contributed by atoms with Crippen LogP contribution in [-0.4, -0.2) is 31.4 Å². The van der Waals surface area contributed by atoms with Gasteiger partial charge in [0.25, 0.3) is 0 Å². The summed E-state index contributed by atoms with van der Waals surface area (Å²) in [6, 6.07) is 0. The van der Waals surface area contributed by atoms with Crippen LogP contribution in [0.15, 0.2) is 17.3 Å². The molecule has 0 bridgehead atoms. The Labute approximate surface area is 72.5 Å². The lowest BCUT2D eigenvalue weighted by Gasteiger charge is -2.09. The van der Waals surface area contributed by atoms with Crippen LogP contribution < -0.4 is 0 Å². The second kappa shape index (κ2) is 8.23. The van der Waals surface area contributed by atoms with Crippen LogP contribution >= 0.6 is 0 Å². The first kappa shape index (κ1) is 11.1. The highest BCUT2D eigenvalue weighted by Gasteiger charge is 2.01. The van der Waals surface area contributed by atoms with Crippen molar-refractivity contribution < 1.29 is 14.7 Å². The number of hydrogen-bond donors (Lipinski definition) is 1. The molecule has 1 atom stereocenters. The van der Waals surface area contributed by atoms with Gasteiger partial charge in [0.1, 0.15) is 6.79 Å². The Kier molecular flexibility index (Phi) is 7.63. The van der Waals surface area contributed by atoms with Gasteiger partial charge in [0, 0.05) is 19.7 Å². The molecule has 0 saturated heterocycles. The number of rotatable bonds is 6. The van der Waals surface area contributed by atoms with Gasteiger partial charge < -0.3 is 14.7 Å². The molecule has 0 fully saturated rings. The van der Waals surface area contributed by atoms with Crippen molar-refractivity contribution in [3.8, 4) is 0 Å². The second-order valence-electron chi connectivity index (χ2n) is 2.17. The zero-order chi connectivity index (χ0) is 9.23. The molecule has 0 spiro atoms. The van der Waals surface area contributed by atoms with Crippen LogP contribution in [0.1, 0.15) is 13.3 Å². The molecule has 1 unspecified atom stereocenters. The van der Waals surface area contributed by atoms with E-state index in [1.54, 1.807) is 7.11 Å².